The Labute approximate surface area is 83.1 Å². The smallest absolute Gasteiger partial charge is 0.0209 e. The fourth-order valence-corrected chi connectivity index (χ4v) is 1.95. The van der Waals surface area contributed by atoms with Gasteiger partial charge in [0.15, 0.2) is 0 Å². The summed E-state index contributed by atoms with van der Waals surface area (Å²) in [4.78, 5) is 0. The van der Waals surface area contributed by atoms with Gasteiger partial charge in [-0.15, -0.1) is 0 Å². The van der Waals surface area contributed by atoms with Crippen LogP contribution in [0.15, 0.2) is 22.7 Å². The van der Waals surface area contributed by atoms with Gasteiger partial charge in [-0.25, -0.2) is 0 Å². The van der Waals surface area contributed by atoms with Gasteiger partial charge in [0.25, 0.3) is 0 Å². The van der Waals surface area contributed by atoms with Crippen LogP contribution in [0.3, 0.4) is 0 Å². The second kappa shape index (κ2) is 4.66. The van der Waals surface area contributed by atoms with E-state index in [0.717, 1.165) is 12.8 Å². The van der Waals surface area contributed by atoms with Crippen molar-refractivity contribution in [1.82, 2.24) is 0 Å². The zero-order valence-electron chi connectivity index (χ0n) is 7.44. The lowest BCUT2D eigenvalue weighted by Crippen LogP contribution is -1.90. The van der Waals surface area contributed by atoms with Crippen molar-refractivity contribution in [1.29, 1.82) is 0 Å². The van der Waals surface area contributed by atoms with Crippen molar-refractivity contribution in [2.24, 2.45) is 0 Å². The molecule has 0 spiro atoms. The zero-order valence-corrected chi connectivity index (χ0v) is 9.02. The predicted molar refractivity (Wildman–Crippen MR) is 57.2 cm³/mol. The van der Waals surface area contributed by atoms with Gasteiger partial charge in [0.05, 0.1) is 0 Å². The van der Waals surface area contributed by atoms with Gasteiger partial charge in [-0.3, -0.25) is 0 Å². The summed E-state index contributed by atoms with van der Waals surface area (Å²) in [6.45, 7) is 6.00. The molecular weight excluding hydrogens is 212 g/mol. The van der Waals surface area contributed by atoms with Crippen molar-refractivity contribution >= 4 is 15.9 Å². The molecular formula is C11H14Br. The Hall–Kier alpha value is -0.300. The summed E-state index contributed by atoms with van der Waals surface area (Å²) in [5.41, 5.74) is 2.80. The van der Waals surface area contributed by atoms with Crippen LogP contribution in [0.2, 0.25) is 0 Å². The van der Waals surface area contributed by atoms with Crippen LogP contribution in [-0.2, 0) is 6.42 Å². The quantitative estimate of drug-likeness (QED) is 0.732. The number of halogens is 1. The van der Waals surface area contributed by atoms with E-state index in [0.29, 0.717) is 0 Å². The fourth-order valence-electron chi connectivity index (χ4n) is 1.28. The Balaban J connectivity index is 2.81. The molecule has 0 heterocycles. The van der Waals surface area contributed by atoms with Crippen molar-refractivity contribution in [2.45, 2.75) is 26.2 Å². The van der Waals surface area contributed by atoms with Crippen LogP contribution in [0.25, 0.3) is 0 Å². The van der Waals surface area contributed by atoms with Crippen LogP contribution in [0.4, 0.5) is 0 Å². The van der Waals surface area contributed by atoms with Crippen molar-refractivity contribution < 1.29 is 0 Å². The van der Waals surface area contributed by atoms with Gasteiger partial charge >= 0.3 is 0 Å². The maximum absolute atomic E-state index is 3.84. The van der Waals surface area contributed by atoms with Crippen LogP contribution < -0.4 is 0 Å². The third kappa shape index (κ3) is 2.34. The van der Waals surface area contributed by atoms with E-state index in [4.69, 9.17) is 0 Å². The second-order valence-corrected chi connectivity index (χ2v) is 3.85. The first-order valence-electron chi connectivity index (χ1n) is 4.29. The highest BCUT2D eigenvalue weighted by Gasteiger charge is 2.01. The number of hydrogen-bond acceptors (Lipinski definition) is 0. The van der Waals surface area contributed by atoms with E-state index in [2.05, 4.69) is 48.0 Å². The molecule has 1 heteroatoms. The highest BCUT2D eigenvalue weighted by molar-refractivity contribution is 9.10. The van der Waals surface area contributed by atoms with E-state index >= 15 is 0 Å². The number of hydrogen-bond donors (Lipinski definition) is 0. The molecule has 12 heavy (non-hydrogen) atoms. The average Bonchev–Trinajstić information content (AvgIpc) is 2.04. The number of rotatable bonds is 3. The highest BCUT2D eigenvalue weighted by Crippen LogP contribution is 2.21. The molecule has 1 rings (SSSR count). The lowest BCUT2D eigenvalue weighted by atomic mass is 10.0. The maximum atomic E-state index is 3.84. The SMILES string of the molecule is [CH2]CCCc1c(C)cccc1Br. The van der Waals surface area contributed by atoms with Crippen molar-refractivity contribution in [3.05, 3.63) is 40.7 Å². The predicted octanol–water partition coefficient (Wildman–Crippen LogP) is 3.91. The Morgan fingerprint density at radius 1 is 1.42 bits per heavy atom. The van der Waals surface area contributed by atoms with Gasteiger partial charge in [-0.2, -0.15) is 0 Å². The molecule has 1 aromatic carbocycles. The first-order valence-corrected chi connectivity index (χ1v) is 5.08. The molecule has 0 aromatic heterocycles. The van der Waals surface area contributed by atoms with E-state index in [1.54, 1.807) is 0 Å². The van der Waals surface area contributed by atoms with Gasteiger partial charge in [0.2, 0.25) is 0 Å². The van der Waals surface area contributed by atoms with Crippen molar-refractivity contribution in [3.63, 3.8) is 0 Å². The van der Waals surface area contributed by atoms with Crippen LogP contribution in [0.1, 0.15) is 24.0 Å². The Morgan fingerprint density at radius 2 is 2.17 bits per heavy atom. The molecule has 0 saturated carbocycles. The normalized spacial score (nSPS) is 10.2. The van der Waals surface area contributed by atoms with Gasteiger partial charge in [-0.05, 0) is 37.0 Å². The van der Waals surface area contributed by atoms with E-state index in [-0.39, 0.29) is 0 Å². The molecule has 0 unspecified atom stereocenters. The standard InChI is InChI=1S/C11H14Br/c1-3-4-7-10-9(2)6-5-8-11(10)12/h5-6,8H,1,3-4,7H2,2H3. The fraction of sp³-hybridized carbons (Fsp3) is 0.364. The molecule has 0 amide bonds. The zero-order chi connectivity index (χ0) is 8.97. The molecule has 0 aliphatic heterocycles. The summed E-state index contributed by atoms with van der Waals surface area (Å²) in [5, 5.41) is 0. The molecule has 0 aliphatic rings. The van der Waals surface area contributed by atoms with Crippen LogP contribution in [-0.4, -0.2) is 0 Å². The molecule has 0 saturated heterocycles. The lowest BCUT2D eigenvalue weighted by Gasteiger charge is -2.06. The summed E-state index contributed by atoms with van der Waals surface area (Å²) in [5.74, 6) is 0. The van der Waals surface area contributed by atoms with E-state index in [1.165, 1.54) is 22.0 Å². The molecule has 0 fully saturated rings. The van der Waals surface area contributed by atoms with Gasteiger partial charge < -0.3 is 0 Å². The second-order valence-electron chi connectivity index (χ2n) is 2.99. The molecule has 65 valence electrons. The average molecular weight is 226 g/mol. The first kappa shape index (κ1) is 9.79. The topological polar surface area (TPSA) is 0 Å². The Morgan fingerprint density at radius 3 is 2.75 bits per heavy atom. The minimum absolute atomic E-state index is 1.01. The first-order chi connectivity index (χ1) is 5.75. The summed E-state index contributed by atoms with van der Waals surface area (Å²) < 4.78 is 1.23. The third-order valence-corrected chi connectivity index (χ3v) is 2.77. The van der Waals surface area contributed by atoms with Crippen LogP contribution >= 0.6 is 15.9 Å². The number of aryl methyl sites for hydroxylation is 1. The van der Waals surface area contributed by atoms with Crippen molar-refractivity contribution in [3.8, 4) is 0 Å². The summed E-state index contributed by atoms with van der Waals surface area (Å²) >= 11 is 3.56. The molecule has 1 radical (unpaired) electrons. The molecule has 0 nitrogen and oxygen atoms in total. The summed E-state index contributed by atoms with van der Waals surface area (Å²) in [7, 11) is 0. The number of benzene rings is 1. The maximum Gasteiger partial charge on any atom is 0.0209 e. The lowest BCUT2D eigenvalue weighted by molar-refractivity contribution is 0.832. The van der Waals surface area contributed by atoms with Gasteiger partial charge in [-0.1, -0.05) is 41.4 Å². The van der Waals surface area contributed by atoms with Crippen LogP contribution in [0, 0.1) is 13.8 Å². The molecule has 0 bridgehead atoms. The minimum Gasteiger partial charge on any atom is -0.0609 e. The summed E-state index contributed by atoms with van der Waals surface area (Å²) in [6.07, 6.45) is 3.32. The van der Waals surface area contributed by atoms with Crippen LogP contribution in [0.5, 0.6) is 0 Å². The largest absolute Gasteiger partial charge is 0.0609 e. The Bertz CT molecular complexity index is 233. The minimum atomic E-state index is 1.01. The third-order valence-electron chi connectivity index (χ3n) is 2.03. The van der Waals surface area contributed by atoms with E-state index in [1.807, 2.05) is 0 Å². The number of unbranched alkanes of at least 4 members (excludes halogenated alkanes) is 1. The van der Waals surface area contributed by atoms with E-state index in [9.17, 15) is 0 Å². The highest BCUT2D eigenvalue weighted by atomic mass is 79.9. The molecule has 1 aromatic rings. The van der Waals surface area contributed by atoms with E-state index < -0.39 is 0 Å². The van der Waals surface area contributed by atoms with Gasteiger partial charge in [0.1, 0.15) is 0 Å². The Kier molecular flexibility index (Phi) is 3.80. The molecule has 0 atom stereocenters. The summed E-state index contributed by atoms with van der Waals surface area (Å²) in [6, 6.07) is 6.34. The molecule has 0 aliphatic carbocycles. The van der Waals surface area contributed by atoms with Crippen molar-refractivity contribution in [2.75, 3.05) is 0 Å². The monoisotopic (exact) mass is 225 g/mol. The molecule has 0 N–H and O–H groups in total. The van der Waals surface area contributed by atoms with Gasteiger partial charge in [0, 0.05) is 4.47 Å².